The van der Waals surface area contributed by atoms with E-state index >= 15 is 0 Å². The first-order chi connectivity index (χ1) is 19.6. The standard InChI is InChI=1S/C30H34N8O2/c31-28-26-27(20-6-12-24(13-7-20)40-23-4-2-1-3-5-23)35-38(29(26)34-19-33-28)22-10-8-21(9-11-22)36-14-16-37(17-15-36)25-18-32-30(25)39/h1-7,12-13,19,21-22,25H,8-11,14-18H2,(H,32,39)(H2,31,33,34). The van der Waals surface area contributed by atoms with Gasteiger partial charge in [-0.25, -0.2) is 14.6 Å². The number of amides is 1. The number of piperazine rings is 1. The van der Waals surface area contributed by atoms with E-state index in [0.29, 0.717) is 11.9 Å². The summed E-state index contributed by atoms with van der Waals surface area (Å²) in [4.78, 5) is 25.6. The summed E-state index contributed by atoms with van der Waals surface area (Å²) in [5, 5.41) is 8.75. The molecule has 0 radical (unpaired) electrons. The number of rotatable bonds is 6. The summed E-state index contributed by atoms with van der Waals surface area (Å²) in [5.74, 6) is 2.19. The molecule has 206 valence electrons. The van der Waals surface area contributed by atoms with Gasteiger partial charge in [-0.05, 0) is 62.1 Å². The first-order valence-corrected chi connectivity index (χ1v) is 14.2. The van der Waals surface area contributed by atoms with E-state index in [0.717, 1.165) is 92.2 Å². The summed E-state index contributed by atoms with van der Waals surface area (Å²) in [6.45, 7) is 4.79. The van der Waals surface area contributed by atoms with Crippen LogP contribution in [0.15, 0.2) is 60.9 Å². The lowest BCUT2D eigenvalue weighted by molar-refractivity contribution is -0.134. The number of hydrogen-bond donors (Lipinski definition) is 2. The maximum Gasteiger partial charge on any atom is 0.239 e. The largest absolute Gasteiger partial charge is 0.457 e. The Labute approximate surface area is 233 Å². The van der Waals surface area contributed by atoms with E-state index in [2.05, 4.69) is 29.8 Å². The van der Waals surface area contributed by atoms with Crippen molar-refractivity contribution in [2.24, 2.45) is 0 Å². The second kappa shape index (κ2) is 10.5. The second-order valence-electron chi connectivity index (χ2n) is 11.0. The second-order valence-corrected chi connectivity index (χ2v) is 11.0. The van der Waals surface area contributed by atoms with Crippen LogP contribution < -0.4 is 15.8 Å². The van der Waals surface area contributed by atoms with Crippen LogP contribution in [-0.4, -0.2) is 80.3 Å². The van der Waals surface area contributed by atoms with Crippen molar-refractivity contribution in [3.63, 3.8) is 0 Å². The molecule has 1 saturated carbocycles. The van der Waals surface area contributed by atoms with Gasteiger partial charge in [-0.1, -0.05) is 18.2 Å². The first kappa shape index (κ1) is 25.0. The summed E-state index contributed by atoms with van der Waals surface area (Å²) in [7, 11) is 0. The van der Waals surface area contributed by atoms with E-state index in [1.54, 1.807) is 0 Å². The summed E-state index contributed by atoms with van der Waals surface area (Å²) < 4.78 is 8.06. The number of nitrogens with one attached hydrogen (secondary N) is 1. The fraction of sp³-hybridized carbons (Fsp3) is 0.400. The first-order valence-electron chi connectivity index (χ1n) is 14.2. The molecule has 10 nitrogen and oxygen atoms in total. The molecule has 4 heterocycles. The highest BCUT2D eigenvalue weighted by atomic mass is 16.5. The third-order valence-corrected chi connectivity index (χ3v) is 8.72. The number of nitrogen functional groups attached to an aromatic ring is 1. The van der Waals surface area contributed by atoms with Gasteiger partial charge < -0.3 is 15.8 Å². The molecule has 0 spiro atoms. The Bertz CT molecular complexity index is 1490. The summed E-state index contributed by atoms with van der Waals surface area (Å²) in [6, 6.07) is 18.6. The van der Waals surface area contributed by atoms with Crippen LogP contribution in [-0.2, 0) is 4.79 Å². The van der Waals surface area contributed by atoms with Crippen LogP contribution in [0.1, 0.15) is 31.7 Å². The molecular weight excluding hydrogens is 504 g/mol. The maximum absolute atomic E-state index is 11.8. The van der Waals surface area contributed by atoms with Gasteiger partial charge in [0.25, 0.3) is 0 Å². The highest BCUT2D eigenvalue weighted by Gasteiger charge is 2.37. The number of anilines is 1. The predicted octanol–water partition coefficient (Wildman–Crippen LogP) is 3.47. The molecule has 1 atom stereocenters. The number of benzene rings is 2. The van der Waals surface area contributed by atoms with Gasteiger partial charge in [0, 0.05) is 44.3 Å². The third-order valence-electron chi connectivity index (χ3n) is 8.72. The Kier molecular flexibility index (Phi) is 6.57. The van der Waals surface area contributed by atoms with Crippen molar-refractivity contribution in [2.75, 3.05) is 38.5 Å². The fourth-order valence-electron chi connectivity index (χ4n) is 6.41. The zero-order chi connectivity index (χ0) is 27.1. The molecule has 1 aliphatic carbocycles. The van der Waals surface area contributed by atoms with Gasteiger partial charge in [0.15, 0.2) is 5.65 Å². The Morgan fingerprint density at radius 2 is 1.50 bits per heavy atom. The Balaban J connectivity index is 1.06. The van der Waals surface area contributed by atoms with Crippen molar-refractivity contribution in [1.29, 1.82) is 0 Å². The number of ether oxygens (including phenoxy) is 1. The maximum atomic E-state index is 11.8. The smallest absolute Gasteiger partial charge is 0.239 e. The molecule has 1 amide bonds. The number of hydrogen-bond acceptors (Lipinski definition) is 8. The fourth-order valence-corrected chi connectivity index (χ4v) is 6.41. The molecule has 2 saturated heterocycles. The minimum absolute atomic E-state index is 0.0854. The van der Waals surface area contributed by atoms with Crippen LogP contribution >= 0.6 is 0 Å². The van der Waals surface area contributed by atoms with Gasteiger partial charge in [0.05, 0.1) is 11.4 Å². The SMILES string of the molecule is Nc1ncnc2c1c(-c1ccc(Oc3ccccc3)cc1)nn2C1CCC(N2CCN(C3CNC3=O)CC2)CC1. The zero-order valence-corrected chi connectivity index (χ0v) is 22.4. The van der Waals surface area contributed by atoms with Crippen molar-refractivity contribution in [2.45, 2.75) is 43.8 Å². The molecule has 1 unspecified atom stereocenters. The van der Waals surface area contributed by atoms with Gasteiger partial charge in [-0.3, -0.25) is 14.6 Å². The number of carbonyl (C=O) groups is 1. The average Bonchev–Trinajstić information content (AvgIpc) is 3.39. The number of β-lactam (4-membered cyclic amide) rings is 1. The highest BCUT2D eigenvalue weighted by molar-refractivity contribution is 5.98. The number of carbonyl (C=O) groups excluding carboxylic acids is 1. The minimum atomic E-state index is 0.0854. The number of aromatic nitrogens is 4. The van der Waals surface area contributed by atoms with E-state index in [1.807, 2.05) is 54.6 Å². The van der Waals surface area contributed by atoms with Gasteiger partial charge >= 0.3 is 0 Å². The van der Waals surface area contributed by atoms with E-state index in [9.17, 15) is 4.79 Å². The van der Waals surface area contributed by atoms with Crippen LogP contribution in [0.4, 0.5) is 5.82 Å². The molecule has 2 aliphatic heterocycles. The molecule has 0 bridgehead atoms. The molecule has 10 heteroatoms. The zero-order valence-electron chi connectivity index (χ0n) is 22.4. The number of para-hydroxylation sites is 1. The van der Waals surface area contributed by atoms with Crippen molar-refractivity contribution < 1.29 is 9.53 Å². The van der Waals surface area contributed by atoms with Gasteiger partial charge in [0.1, 0.15) is 35.4 Å². The third kappa shape index (κ3) is 4.67. The summed E-state index contributed by atoms with van der Waals surface area (Å²) in [6.07, 6.45) is 5.86. The van der Waals surface area contributed by atoms with Crippen molar-refractivity contribution in [3.05, 3.63) is 60.9 Å². The molecule has 3 aliphatic rings. The lowest BCUT2D eigenvalue weighted by atomic mass is 9.89. The number of nitrogens with zero attached hydrogens (tertiary/aromatic N) is 6. The van der Waals surface area contributed by atoms with E-state index < -0.39 is 0 Å². The van der Waals surface area contributed by atoms with Gasteiger partial charge in [-0.15, -0.1) is 0 Å². The summed E-state index contributed by atoms with van der Waals surface area (Å²) >= 11 is 0. The molecular formula is C30H34N8O2. The van der Waals surface area contributed by atoms with E-state index in [4.69, 9.17) is 15.6 Å². The average molecular weight is 539 g/mol. The monoisotopic (exact) mass is 538 g/mol. The van der Waals surface area contributed by atoms with Crippen molar-refractivity contribution in [3.8, 4) is 22.8 Å². The van der Waals surface area contributed by atoms with E-state index in [-0.39, 0.29) is 18.0 Å². The van der Waals surface area contributed by atoms with Crippen molar-refractivity contribution >= 4 is 22.8 Å². The molecule has 4 aromatic rings. The predicted molar refractivity (Wildman–Crippen MR) is 153 cm³/mol. The number of fused-ring (bicyclic) bond motifs is 1. The van der Waals surface area contributed by atoms with Gasteiger partial charge in [0.2, 0.25) is 5.91 Å². The normalized spacial score (nSPS) is 24.0. The number of nitrogens with two attached hydrogens (primary N) is 1. The molecule has 7 rings (SSSR count). The molecule has 2 aromatic heterocycles. The van der Waals surface area contributed by atoms with Crippen LogP contribution in [0.5, 0.6) is 11.5 Å². The molecule has 2 aromatic carbocycles. The molecule has 3 N–H and O–H groups in total. The van der Waals surface area contributed by atoms with Gasteiger partial charge in [-0.2, -0.15) is 5.10 Å². The van der Waals surface area contributed by atoms with Crippen LogP contribution in [0, 0.1) is 0 Å². The lowest BCUT2D eigenvalue weighted by Crippen LogP contribution is -2.65. The summed E-state index contributed by atoms with van der Waals surface area (Å²) in [5.41, 5.74) is 8.93. The van der Waals surface area contributed by atoms with Crippen LogP contribution in [0.2, 0.25) is 0 Å². The Morgan fingerprint density at radius 1 is 0.825 bits per heavy atom. The van der Waals surface area contributed by atoms with E-state index in [1.165, 1.54) is 6.33 Å². The Morgan fingerprint density at radius 3 is 2.17 bits per heavy atom. The lowest BCUT2D eigenvalue weighted by Gasteiger charge is -2.45. The van der Waals surface area contributed by atoms with Crippen LogP contribution in [0.25, 0.3) is 22.3 Å². The van der Waals surface area contributed by atoms with Crippen LogP contribution in [0.3, 0.4) is 0 Å². The molecule has 40 heavy (non-hydrogen) atoms. The van der Waals surface area contributed by atoms with Crippen molar-refractivity contribution in [1.82, 2.24) is 34.9 Å². The minimum Gasteiger partial charge on any atom is -0.457 e. The topological polar surface area (TPSA) is 114 Å². The Hall–Kier alpha value is -4.02. The molecule has 3 fully saturated rings. The quantitative estimate of drug-likeness (QED) is 0.359. The highest BCUT2D eigenvalue weighted by Crippen LogP contribution is 2.37.